The maximum atomic E-state index is 6.08. The van der Waals surface area contributed by atoms with E-state index in [1.807, 2.05) is 27.7 Å². The first-order valence-corrected chi connectivity index (χ1v) is 8.85. The van der Waals surface area contributed by atoms with Gasteiger partial charge in [0.15, 0.2) is 17.9 Å². The van der Waals surface area contributed by atoms with Crippen LogP contribution in [0.15, 0.2) is 0 Å². The third kappa shape index (κ3) is 4.00. The molecule has 0 N–H and O–H groups in total. The van der Waals surface area contributed by atoms with Crippen LogP contribution in [-0.2, 0) is 28.4 Å². The first kappa shape index (κ1) is 17.9. The van der Waals surface area contributed by atoms with E-state index in [1.54, 1.807) is 0 Å². The quantitative estimate of drug-likeness (QED) is 0.541. The molecule has 0 radical (unpaired) electrons. The fourth-order valence-corrected chi connectivity index (χ4v) is 3.48. The lowest BCUT2D eigenvalue weighted by atomic mass is 10.1. The highest BCUT2D eigenvalue weighted by Gasteiger charge is 2.58. The zero-order valence-electron chi connectivity index (χ0n) is 14.2. The number of hydrogen-bond acceptors (Lipinski definition) is 6. The zero-order valence-corrected chi connectivity index (χ0v) is 15.0. The Labute approximate surface area is 142 Å². The van der Waals surface area contributed by atoms with Gasteiger partial charge in [0, 0.05) is 12.5 Å². The van der Waals surface area contributed by atoms with Crippen molar-refractivity contribution in [2.24, 2.45) is 0 Å². The predicted molar refractivity (Wildman–Crippen MR) is 83.3 cm³/mol. The summed E-state index contributed by atoms with van der Waals surface area (Å²) in [5.74, 6) is -0.624. The van der Waals surface area contributed by atoms with Crippen molar-refractivity contribution in [3.8, 4) is 0 Å². The van der Waals surface area contributed by atoms with Crippen molar-refractivity contribution < 1.29 is 28.4 Å². The molecule has 3 saturated heterocycles. The minimum atomic E-state index is -0.662. The van der Waals surface area contributed by atoms with E-state index in [1.165, 1.54) is 0 Å². The van der Waals surface area contributed by atoms with Gasteiger partial charge in [0.1, 0.15) is 24.4 Å². The van der Waals surface area contributed by atoms with Crippen LogP contribution in [0.25, 0.3) is 0 Å². The van der Waals surface area contributed by atoms with Crippen LogP contribution >= 0.6 is 11.6 Å². The Balaban J connectivity index is 1.66. The molecule has 3 aliphatic heterocycles. The van der Waals surface area contributed by atoms with Gasteiger partial charge < -0.3 is 28.4 Å². The Morgan fingerprint density at radius 2 is 1.78 bits per heavy atom. The number of hydrogen-bond donors (Lipinski definition) is 0. The fourth-order valence-electron chi connectivity index (χ4n) is 3.29. The van der Waals surface area contributed by atoms with Gasteiger partial charge in [-0.2, -0.15) is 0 Å². The molecular formula is C16H27ClO6. The Morgan fingerprint density at radius 3 is 2.43 bits per heavy atom. The first-order valence-electron chi connectivity index (χ1n) is 8.32. The molecule has 3 aliphatic rings. The van der Waals surface area contributed by atoms with E-state index in [4.69, 9.17) is 40.0 Å². The highest BCUT2D eigenvalue weighted by atomic mass is 35.5. The van der Waals surface area contributed by atoms with Crippen molar-refractivity contribution in [1.82, 2.24) is 0 Å². The zero-order chi connectivity index (χ0) is 16.7. The predicted octanol–water partition coefficient (Wildman–Crippen LogP) is 2.42. The van der Waals surface area contributed by atoms with Crippen LogP contribution in [0.5, 0.6) is 0 Å². The van der Waals surface area contributed by atoms with Crippen LogP contribution in [-0.4, -0.2) is 61.4 Å². The lowest BCUT2D eigenvalue weighted by molar-refractivity contribution is -0.236. The SMILES string of the molecule is CC1(C)O[C@H]2O[C@H]([C@H]3COC(C)(C)O3)[C@H](OCCCCCl)[C@H]2O1. The minimum Gasteiger partial charge on any atom is -0.372 e. The summed E-state index contributed by atoms with van der Waals surface area (Å²) in [4.78, 5) is 0. The topological polar surface area (TPSA) is 55.4 Å². The van der Waals surface area contributed by atoms with E-state index >= 15 is 0 Å². The Kier molecular flexibility index (Phi) is 5.24. The summed E-state index contributed by atoms with van der Waals surface area (Å²) < 4.78 is 35.6. The summed E-state index contributed by atoms with van der Waals surface area (Å²) >= 11 is 5.73. The molecule has 0 aromatic rings. The van der Waals surface area contributed by atoms with E-state index in [0.717, 1.165) is 12.8 Å². The van der Waals surface area contributed by atoms with Gasteiger partial charge >= 0.3 is 0 Å². The van der Waals surface area contributed by atoms with E-state index in [0.29, 0.717) is 19.1 Å². The van der Waals surface area contributed by atoms with Crippen molar-refractivity contribution in [2.45, 2.75) is 82.8 Å². The van der Waals surface area contributed by atoms with Gasteiger partial charge in [-0.05, 0) is 40.5 Å². The second-order valence-corrected chi connectivity index (χ2v) is 7.55. The fraction of sp³-hybridized carbons (Fsp3) is 1.00. The van der Waals surface area contributed by atoms with Crippen LogP contribution in [0.1, 0.15) is 40.5 Å². The van der Waals surface area contributed by atoms with Gasteiger partial charge in [-0.15, -0.1) is 11.6 Å². The maximum absolute atomic E-state index is 6.08. The van der Waals surface area contributed by atoms with Crippen molar-refractivity contribution in [1.29, 1.82) is 0 Å². The average Bonchev–Trinajstić information content (AvgIpc) is 3.05. The molecule has 0 saturated carbocycles. The van der Waals surface area contributed by atoms with Crippen molar-refractivity contribution >= 4 is 11.6 Å². The normalized spacial score (nSPS) is 41.3. The Morgan fingerprint density at radius 1 is 1.00 bits per heavy atom. The van der Waals surface area contributed by atoms with Crippen LogP contribution in [0.4, 0.5) is 0 Å². The summed E-state index contributed by atoms with van der Waals surface area (Å²) in [5.41, 5.74) is 0. The molecule has 134 valence electrons. The molecule has 3 heterocycles. The lowest BCUT2D eigenvalue weighted by Crippen LogP contribution is -2.44. The largest absolute Gasteiger partial charge is 0.372 e. The number of alkyl halides is 1. The van der Waals surface area contributed by atoms with Gasteiger partial charge in [0.05, 0.1) is 6.61 Å². The maximum Gasteiger partial charge on any atom is 0.190 e. The molecule has 7 heteroatoms. The second kappa shape index (κ2) is 6.75. The van der Waals surface area contributed by atoms with Crippen LogP contribution in [0, 0.1) is 0 Å². The van der Waals surface area contributed by atoms with E-state index in [9.17, 15) is 0 Å². The highest BCUT2D eigenvalue weighted by molar-refractivity contribution is 6.17. The van der Waals surface area contributed by atoms with Crippen LogP contribution in [0.2, 0.25) is 0 Å². The molecule has 0 aromatic heterocycles. The number of rotatable bonds is 6. The minimum absolute atomic E-state index is 0.191. The number of ether oxygens (including phenoxy) is 6. The van der Waals surface area contributed by atoms with Crippen molar-refractivity contribution in [3.63, 3.8) is 0 Å². The third-order valence-corrected chi connectivity index (χ3v) is 4.53. The Bertz CT molecular complexity index is 415. The average molecular weight is 351 g/mol. The molecule has 0 unspecified atom stereocenters. The van der Waals surface area contributed by atoms with Gasteiger partial charge in [-0.3, -0.25) is 0 Å². The van der Waals surface area contributed by atoms with Crippen LogP contribution in [0.3, 0.4) is 0 Å². The summed E-state index contributed by atoms with van der Waals surface area (Å²) in [5, 5.41) is 0. The molecular weight excluding hydrogens is 324 g/mol. The summed E-state index contributed by atoms with van der Waals surface area (Å²) in [6.45, 7) is 8.65. The van der Waals surface area contributed by atoms with E-state index < -0.39 is 17.9 Å². The van der Waals surface area contributed by atoms with Gasteiger partial charge in [-0.25, -0.2) is 0 Å². The van der Waals surface area contributed by atoms with Crippen LogP contribution < -0.4 is 0 Å². The smallest absolute Gasteiger partial charge is 0.190 e. The van der Waals surface area contributed by atoms with Gasteiger partial charge in [0.25, 0.3) is 0 Å². The molecule has 0 aliphatic carbocycles. The second-order valence-electron chi connectivity index (χ2n) is 7.17. The third-order valence-electron chi connectivity index (χ3n) is 4.26. The number of halogens is 1. The molecule has 0 aromatic carbocycles. The van der Waals surface area contributed by atoms with Crippen molar-refractivity contribution in [2.75, 3.05) is 19.1 Å². The molecule has 6 nitrogen and oxygen atoms in total. The Hall–Kier alpha value is 0.0500. The summed E-state index contributed by atoms with van der Waals surface area (Å²) in [7, 11) is 0. The molecule has 3 rings (SSSR count). The monoisotopic (exact) mass is 350 g/mol. The number of unbranched alkanes of at least 4 members (excludes halogenated alkanes) is 1. The first-order chi connectivity index (χ1) is 10.8. The van der Waals surface area contributed by atoms with Gasteiger partial charge in [0.2, 0.25) is 0 Å². The standard InChI is InChI=1S/C16H27ClO6/c1-15(2)19-9-10(21-15)11-12(18-8-6-5-7-17)13-14(20-11)23-16(3,4)22-13/h10-14H,5-9H2,1-4H3/t10-,11-,12+,13-,14-/m1/s1. The molecule has 0 bridgehead atoms. The molecule has 5 atom stereocenters. The summed E-state index contributed by atoms with van der Waals surface area (Å²) in [6, 6.07) is 0. The van der Waals surface area contributed by atoms with Gasteiger partial charge in [-0.1, -0.05) is 0 Å². The molecule has 3 fully saturated rings. The molecule has 0 amide bonds. The summed E-state index contributed by atoms with van der Waals surface area (Å²) in [6.07, 6.45) is 0.454. The highest BCUT2D eigenvalue weighted by Crippen LogP contribution is 2.41. The van der Waals surface area contributed by atoms with E-state index in [2.05, 4.69) is 0 Å². The molecule has 23 heavy (non-hydrogen) atoms. The van der Waals surface area contributed by atoms with E-state index in [-0.39, 0.29) is 24.4 Å². The lowest BCUT2D eigenvalue weighted by Gasteiger charge is -2.29. The molecule has 0 spiro atoms. The number of fused-ring (bicyclic) bond motifs is 1. The van der Waals surface area contributed by atoms with Crippen molar-refractivity contribution in [3.05, 3.63) is 0 Å².